The Morgan fingerprint density at radius 3 is 1.12 bits per heavy atom. The molecule has 0 saturated heterocycles. The Kier molecular flexibility index (Phi) is 19.3. The molecule has 5 heteroatoms. The van der Waals surface area contributed by atoms with Crippen LogP contribution in [0, 0.1) is 0 Å². The van der Waals surface area contributed by atoms with Crippen molar-refractivity contribution in [3.63, 3.8) is 0 Å². The van der Waals surface area contributed by atoms with Gasteiger partial charge in [0, 0.05) is 51.3 Å². The highest BCUT2D eigenvalue weighted by atomic mass is 15.2. The van der Waals surface area contributed by atoms with Crippen molar-refractivity contribution in [1.29, 1.82) is 0 Å². The molecule has 0 radical (unpaired) electrons. The minimum absolute atomic E-state index is 0.827. The quantitative estimate of drug-likeness (QED) is 0.0878. The second kappa shape index (κ2) is 23.8. The maximum Gasteiger partial charge on any atom is 0.0544 e. The highest BCUT2D eigenvalue weighted by Crippen LogP contribution is 2.15. The van der Waals surface area contributed by atoms with Crippen LogP contribution in [0.5, 0.6) is 0 Å². The van der Waals surface area contributed by atoms with Crippen LogP contribution in [-0.4, -0.2) is 44.4 Å². The predicted molar refractivity (Wildman–Crippen MR) is 182 cm³/mol. The molecule has 0 amide bonds. The zero-order chi connectivity index (χ0) is 30.0. The molecule has 5 nitrogen and oxygen atoms in total. The molecule has 0 saturated carbocycles. The van der Waals surface area contributed by atoms with Crippen LogP contribution < -0.4 is 0 Å². The van der Waals surface area contributed by atoms with E-state index in [1.807, 2.05) is 36.8 Å². The maximum atomic E-state index is 4.63. The molecular formula is C38H59N5. The van der Waals surface area contributed by atoms with E-state index in [2.05, 4.69) is 68.1 Å². The lowest BCUT2D eigenvalue weighted by Crippen LogP contribution is -2.35. The van der Waals surface area contributed by atoms with Gasteiger partial charge >= 0.3 is 0 Å². The Hall–Kier alpha value is -2.63. The van der Waals surface area contributed by atoms with Crippen molar-refractivity contribution < 1.29 is 0 Å². The summed E-state index contributed by atoms with van der Waals surface area (Å²) in [5.74, 6) is 0. The Morgan fingerprint density at radius 2 is 0.744 bits per heavy atom. The van der Waals surface area contributed by atoms with Crippen molar-refractivity contribution in [1.82, 2.24) is 24.8 Å². The van der Waals surface area contributed by atoms with Gasteiger partial charge in [-0.15, -0.1) is 0 Å². The predicted octanol–water partition coefficient (Wildman–Crippen LogP) is 9.64. The molecule has 0 aliphatic rings. The first kappa shape index (κ1) is 34.9. The first-order valence-corrected chi connectivity index (χ1v) is 17.5. The van der Waals surface area contributed by atoms with Gasteiger partial charge in [-0.3, -0.25) is 24.8 Å². The van der Waals surface area contributed by atoms with E-state index in [9.17, 15) is 0 Å². The molecule has 43 heavy (non-hydrogen) atoms. The zero-order valence-corrected chi connectivity index (χ0v) is 27.2. The number of hydrogen-bond acceptors (Lipinski definition) is 5. The van der Waals surface area contributed by atoms with E-state index < -0.39 is 0 Å². The molecule has 0 aromatic carbocycles. The third-order valence-electron chi connectivity index (χ3n) is 8.40. The lowest BCUT2D eigenvalue weighted by atomic mass is 10.0. The minimum atomic E-state index is 0.827. The van der Waals surface area contributed by atoms with Crippen molar-refractivity contribution in [2.24, 2.45) is 0 Å². The largest absolute Gasteiger partial charge is 0.296 e. The van der Waals surface area contributed by atoms with E-state index in [4.69, 9.17) is 0 Å². The van der Waals surface area contributed by atoms with E-state index in [1.54, 1.807) is 0 Å². The summed E-state index contributed by atoms with van der Waals surface area (Å²) in [6.45, 7) is 7.96. The van der Waals surface area contributed by atoms with Crippen molar-refractivity contribution in [2.45, 2.75) is 129 Å². The molecule has 3 rings (SSSR count). The number of hydrogen-bond donors (Lipinski definition) is 0. The van der Waals surface area contributed by atoms with Crippen LogP contribution in [-0.2, 0) is 19.6 Å². The monoisotopic (exact) mass is 585 g/mol. The lowest BCUT2D eigenvalue weighted by molar-refractivity contribution is 0.181. The Morgan fingerprint density at radius 1 is 0.395 bits per heavy atom. The number of rotatable bonds is 26. The molecule has 3 aromatic heterocycles. The van der Waals surface area contributed by atoms with E-state index in [0.29, 0.717) is 0 Å². The van der Waals surface area contributed by atoms with Crippen LogP contribution in [0.15, 0.2) is 73.2 Å². The summed E-state index contributed by atoms with van der Waals surface area (Å²) in [6.07, 6.45) is 28.2. The Labute approximate surface area is 263 Å². The molecule has 0 spiro atoms. The number of aromatic nitrogens is 3. The Bertz CT molecular complexity index is 973. The van der Waals surface area contributed by atoms with Crippen LogP contribution in [0.3, 0.4) is 0 Å². The first-order valence-electron chi connectivity index (χ1n) is 17.5. The normalized spacial score (nSPS) is 11.5. The summed E-state index contributed by atoms with van der Waals surface area (Å²) in [6, 6.07) is 18.6. The molecule has 0 unspecified atom stereocenters. The van der Waals surface area contributed by atoms with Crippen LogP contribution >= 0.6 is 0 Å². The minimum Gasteiger partial charge on any atom is -0.296 e. The Balaban J connectivity index is 1.34. The van der Waals surface area contributed by atoms with Crippen molar-refractivity contribution in [2.75, 3.05) is 19.6 Å². The van der Waals surface area contributed by atoms with Gasteiger partial charge in [0.2, 0.25) is 0 Å². The summed E-state index contributed by atoms with van der Waals surface area (Å²) in [5, 5.41) is 0. The molecule has 0 N–H and O–H groups in total. The van der Waals surface area contributed by atoms with Crippen LogP contribution in [0.4, 0.5) is 0 Å². The van der Waals surface area contributed by atoms with Gasteiger partial charge < -0.3 is 0 Å². The average molecular weight is 586 g/mol. The SMILES string of the molecule is CCCCCCCCCCCCCCCCCCN(CCN(Cc1ccccn1)Cc1ccccn1)Cc1ccccn1. The van der Waals surface area contributed by atoms with Gasteiger partial charge in [-0.2, -0.15) is 0 Å². The third kappa shape index (κ3) is 17.3. The standard InChI is InChI=1S/C38H59N5/c1-2-3-4-5-6-7-8-9-10-11-12-13-14-15-16-23-30-42(33-36-24-17-20-27-39-36)31-32-43(34-37-25-18-21-28-40-37)35-38-26-19-22-29-41-38/h17-22,24-29H,2-16,23,30-35H2,1H3. The van der Waals surface area contributed by atoms with Crippen LogP contribution in [0.2, 0.25) is 0 Å². The summed E-state index contributed by atoms with van der Waals surface area (Å²) in [7, 11) is 0. The topological polar surface area (TPSA) is 45.2 Å². The van der Waals surface area contributed by atoms with Gasteiger partial charge in [-0.1, -0.05) is 121 Å². The molecule has 0 aliphatic carbocycles. The smallest absolute Gasteiger partial charge is 0.0544 e. The van der Waals surface area contributed by atoms with E-state index >= 15 is 0 Å². The fourth-order valence-electron chi connectivity index (χ4n) is 5.81. The number of nitrogens with zero attached hydrogens (tertiary/aromatic N) is 5. The number of pyridine rings is 3. The van der Waals surface area contributed by atoms with Crippen LogP contribution in [0.25, 0.3) is 0 Å². The van der Waals surface area contributed by atoms with E-state index in [-0.39, 0.29) is 0 Å². The van der Waals surface area contributed by atoms with Gasteiger partial charge in [0.25, 0.3) is 0 Å². The second-order valence-electron chi connectivity index (χ2n) is 12.3. The van der Waals surface area contributed by atoms with E-state index in [1.165, 1.54) is 103 Å². The highest BCUT2D eigenvalue weighted by Gasteiger charge is 2.13. The third-order valence-corrected chi connectivity index (χ3v) is 8.40. The van der Waals surface area contributed by atoms with Crippen molar-refractivity contribution >= 4 is 0 Å². The summed E-state index contributed by atoms with van der Waals surface area (Å²) < 4.78 is 0. The molecule has 0 atom stereocenters. The molecular weight excluding hydrogens is 526 g/mol. The molecule has 0 bridgehead atoms. The molecule has 0 aliphatic heterocycles. The van der Waals surface area contributed by atoms with Crippen molar-refractivity contribution in [3.8, 4) is 0 Å². The molecule has 3 heterocycles. The van der Waals surface area contributed by atoms with Gasteiger partial charge in [-0.25, -0.2) is 0 Å². The van der Waals surface area contributed by atoms with Crippen molar-refractivity contribution in [3.05, 3.63) is 90.3 Å². The first-order chi connectivity index (χ1) is 21.3. The van der Waals surface area contributed by atoms with Gasteiger partial charge in [0.1, 0.15) is 0 Å². The highest BCUT2D eigenvalue weighted by molar-refractivity contribution is 5.06. The fourth-order valence-corrected chi connectivity index (χ4v) is 5.81. The molecule has 3 aromatic rings. The number of unbranched alkanes of at least 4 members (excludes halogenated alkanes) is 15. The summed E-state index contributed by atoms with van der Waals surface area (Å²) in [4.78, 5) is 18.9. The summed E-state index contributed by atoms with van der Waals surface area (Å²) in [5.41, 5.74) is 3.36. The average Bonchev–Trinajstić information content (AvgIpc) is 3.04. The summed E-state index contributed by atoms with van der Waals surface area (Å²) >= 11 is 0. The molecule has 0 fully saturated rings. The van der Waals surface area contributed by atoms with Gasteiger partial charge in [0.05, 0.1) is 17.1 Å². The second-order valence-corrected chi connectivity index (χ2v) is 12.3. The van der Waals surface area contributed by atoms with E-state index in [0.717, 1.165) is 56.4 Å². The van der Waals surface area contributed by atoms with Crippen LogP contribution in [0.1, 0.15) is 127 Å². The fraction of sp³-hybridized carbons (Fsp3) is 0.605. The zero-order valence-electron chi connectivity index (χ0n) is 27.2. The van der Waals surface area contributed by atoms with Gasteiger partial charge in [0.15, 0.2) is 0 Å². The maximum absolute atomic E-state index is 4.63. The molecule has 236 valence electrons. The van der Waals surface area contributed by atoms with Gasteiger partial charge in [-0.05, 0) is 49.4 Å². The lowest BCUT2D eigenvalue weighted by Gasteiger charge is -2.27.